The first-order valence-electron chi connectivity index (χ1n) is 7.78. The molecule has 6 heteroatoms. The summed E-state index contributed by atoms with van der Waals surface area (Å²) < 4.78 is 0. The minimum Gasteiger partial charge on any atom is -0.387 e. The SMILES string of the molecule is CSc1ccc(C(O)CNC(=O)c2csc(-c3ccccc3)n2)cc1. The van der Waals surface area contributed by atoms with Gasteiger partial charge in [0.1, 0.15) is 10.7 Å². The van der Waals surface area contributed by atoms with Crippen molar-refractivity contribution in [3.05, 3.63) is 71.2 Å². The monoisotopic (exact) mass is 370 g/mol. The summed E-state index contributed by atoms with van der Waals surface area (Å²) >= 11 is 3.08. The molecule has 3 aromatic rings. The first-order chi connectivity index (χ1) is 12.2. The molecule has 0 radical (unpaired) electrons. The van der Waals surface area contributed by atoms with Gasteiger partial charge in [-0.1, -0.05) is 42.5 Å². The molecule has 1 amide bonds. The summed E-state index contributed by atoms with van der Waals surface area (Å²) in [7, 11) is 0. The predicted octanol–water partition coefficient (Wildman–Crippen LogP) is 4.00. The summed E-state index contributed by atoms with van der Waals surface area (Å²) in [6, 6.07) is 17.4. The maximum atomic E-state index is 12.2. The van der Waals surface area contributed by atoms with Crippen LogP contribution in [-0.4, -0.2) is 28.8 Å². The molecule has 0 saturated carbocycles. The molecule has 2 N–H and O–H groups in total. The molecule has 0 aliphatic carbocycles. The number of nitrogens with one attached hydrogen (secondary N) is 1. The van der Waals surface area contributed by atoms with Crippen LogP contribution in [0.1, 0.15) is 22.2 Å². The molecule has 3 rings (SSSR count). The number of carbonyl (C=O) groups excluding carboxylic acids is 1. The van der Waals surface area contributed by atoms with Gasteiger partial charge in [0, 0.05) is 22.4 Å². The topological polar surface area (TPSA) is 62.2 Å². The molecule has 0 spiro atoms. The van der Waals surface area contributed by atoms with Crippen LogP contribution in [0, 0.1) is 0 Å². The van der Waals surface area contributed by atoms with Gasteiger partial charge in [-0.2, -0.15) is 0 Å². The Morgan fingerprint density at radius 3 is 2.60 bits per heavy atom. The number of hydrogen-bond donors (Lipinski definition) is 2. The standard InChI is InChI=1S/C19H18N2O2S2/c1-24-15-9-7-13(8-10-15)17(22)11-20-18(23)16-12-25-19(21-16)14-5-3-2-4-6-14/h2-10,12,17,22H,11H2,1H3,(H,20,23). The quantitative estimate of drug-likeness (QED) is 0.644. The van der Waals surface area contributed by atoms with Crippen molar-refractivity contribution in [1.82, 2.24) is 10.3 Å². The van der Waals surface area contributed by atoms with E-state index in [2.05, 4.69) is 10.3 Å². The molecule has 25 heavy (non-hydrogen) atoms. The number of thioether (sulfide) groups is 1. The molecule has 0 aliphatic heterocycles. The van der Waals surface area contributed by atoms with E-state index < -0.39 is 6.10 Å². The van der Waals surface area contributed by atoms with Crippen LogP contribution in [0.3, 0.4) is 0 Å². The fourth-order valence-corrected chi connectivity index (χ4v) is 3.53. The predicted molar refractivity (Wildman–Crippen MR) is 103 cm³/mol. The number of rotatable bonds is 6. The summed E-state index contributed by atoms with van der Waals surface area (Å²) in [6.45, 7) is 0.148. The van der Waals surface area contributed by atoms with Gasteiger partial charge >= 0.3 is 0 Å². The van der Waals surface area contributed by atoms with Gasteiger partial charge in [0.25, 0.3) is 5.91 Å². The van der Waals surface area contributed by atoms with Gasteiger partial charge in [-0.15, -0.1) is 23.1 Å². The van der Waals surface area contributed by atoms with E-state index in [0.717, 1.165) is 21.0 Å². The summed E-state index contributed by atoms with van der Waals surface area (Å²) in [4.78, 5) is 17.8. The lowest BCUT2D eigenvalue weighted by Crippen LogP contribution is -2.28. The van der Waals surface area contributed by atoms with E-state index in [4.69, 9.17) is 0 Å². The minimum atomic E-state index is -0.743. The smallest absolute Gasteiger partial charge is 0.270 e. The van der Waals surface area contributed by atoms with E-state index in [1.165, 1.54) is 11.3 Å². The van der Waals surface area contributed by atoms with Crippen molar-refractivity contribution < 1.29 is 9.90 Å². The number of carbonyl (C=O) groups is 1. The minimum absolute atomic E-state index is 0.148. The van der Waals surface area contributed by atoms with Gasteiger partial charge in [-0.05, 0) is 24.0 Å². The molecule has 4 nitrogen and oxygen atoms in total. The average molecular weight is 370 g/mol. The highest BCUT2D eigenvalue weighted by molar-refractivity contribution is 7.98. The van der Waals surface area contributed by atoms with E-state index in [1.54, 1.807) is 17.1 Å². The van der Waals surface area contributed by atoms with Crippen molar-refractivity contribution in [3.8, 4) is 10.6 Å². The second kappa shape index (κ2) is 8.29. The molecule has 0 fully saturated rings. The van der Waals surface area contributed by atoms with Crippen molar-refractivity contribution in [1.29, 1.82) is 0 Å². The molecule has 1 heterocycles. The Bertz CT molecular complexity index is 832. The molecule has 0 bridgehead atoms. The summed E-state index contributed by atoms with van der Waals surface area (Å²) in [5.74, 6) is -0.279. The fourth-order valence-electron chi connectivity index (χ4n) is 2.32. The lowest BCUT2D eigenvalue weighted by atomic mass is 10.1. The number of nitrogens with zero attached hydrogens (tertiary/aromatic N) is 1. The first kappa shape index (κ1) is 17.7. The second-order valence-corrected chi connectivity index (χ2v) is 7.14. The van der Waals surface area contributed by atoms with E-state index in [1.807, 2.05) is 60.9 Å². The van der Waals surface area contributed by atoms with Crippen molar-refractivity contribution in [2.75, 3.05) is 12.8 Å². The highest BCUT2D eigenvalue weighted by Crippen LogP contribution is 2.23. The Labute approximate surface area is 154 Å². The Morgan fingerprint density at radius 2 is 1.92 bits per heavy atom. The van der Waals surface area contributed by atoms with Gasteiger partial charge in [0.15, 0.2) is 0 Å². The molecule has 1 atom stereocenters. The summed E-state index contributed by atoms with van der Waals surface area (Å²) in [6.07, 6.45) is 1.26. The van der Waals surface area contributed by atoms with Crippen LogP contribution < -0.4 is 5.32 Å². The summed E-state index contributed by atoms with van der Waals surface area (Å²) in [5.41, 5.74) is 2.13. The lowest BCUT2D eigenvalue weighted by molar-refractivity contribution is 0.0912. The largest absolute Gasteiger partial charge is 0.387 e. The molecule has 1 aromatic heterocycles. The van der Waals surface area contributed by atoms with Gasteiger partial charge in [-0.3, -0.25) is 4.79 Å². The van der Waals surface area contributed by atoms with Crippen molar-refractivity contribution in [2.24, 2.45) is 0 Å². The van der Waals surface area contributed by atoms with Crippen molar-refractivity contribution in [2.45, 2.75) is 11.0 Å². The number of aliphatic hydroxyl groups excluding tert-OH is 1. The lowest BCUT2D eigenvalue weighted by Gasteiger charge is -2.12. The highest BCUT2D eigenvalue weighted by Gasteiger charge is 2.14. The molecule has 0 saturated heterocycles. The second-order valence-electron chi connectivity index (χ2n) is 5.40. The third-order valence-electron chi connectivity index (χ3n) is 3.71. The molecule has 2 aromatic carbocycles. The molecule has 128 valence electrons. The Balaban J connectivity index is 1.59. The van der Waals surface area contributed by atoms with Crippen molar-refractivity contribution in [3.63, 3.8) is 0 Å². The Hall–Kier alpha value is -2.15. The molecule has 0 aliphatic rings. The van der Waals surface area contributed by atoms with E-state index in [9.17, 15) is 9.90 Å². The number of aromatic nitrogens is 1. The van der Waals surface area contributed by atoms with Gasteiger partial charge in [-0.25, -0.2) is 4.98 Å². The van der Waals surface area contributed by atoms with E-state index in [0.29, 0.717) is 5.69 Å². The molecular weight excluding hydrogens is 352 g/mol. The Kier molecular flexibility index (Phi) is 5.86. The van der Waals surface area contributed by atoms with Crippen LogP contribution in [0.25, 0.3) is 10.6 Å². The number of amides is 1. The van der Waals surface area contributed by atoms with Gasteiger partial charge < -0.3 is 10.4 Å². The van der Waals surface area contributed by atoms with Crippen LogP contribution in [0.2, 0.25) is 0 Å². The molecule has 1 unspecified atom stereocenters. The van der Waals surface area contributed by atoms with Gasteiger partial charge in [0.2, 0.25) is 0 Å². The van der Waals surface area contributed by atoms with Crippen LogP contribution in [0.4, 0.5) is 0 Å². The van der Waals surface area contributed by atoms with Crippen LogP contribution in [-0.2, 0) is 0 Å². The van der Waals surface area contributed by atoms with Crippen molar-refractivity contribution >= 4 is 29.0 Å². The first-order valence-corrected chi connectivity index (χ1v) is 9.89. The number of aliphatic hydroxyl groups is 1. The molecular formula is C19H18N2O2S2. The third-order valence-corrected chi connectivity index (χ3v) is 5.35. The normalized spacial score (nSPS) is 11.9. The average Bonchev–Trinajstić information content (AvgIpc) is 3.17. The maximum absolute atomic E-state index is 12.2. The highest BCUT2D eigenvalue weighted by atomic mass is 32.2. The zero-order valence-corrected chi connectivity index (χ0v) is 15.3. The summed E-state index contributed by atoms with van der Waals surface area (Å²) in [5, 5.41) is 15.5. The zero-order chi connectivity index (χ0) is 17.6. The van der Waals surface area contributed by atoms with Gasteiger partial charge in [0.05, 0.1) is 6.10 Å². The maximum Gasteiger partial charge on any atom is 0.270 e. The van der Waals surface area contributed by atoms with Crippen LogP contribution >= 0.6 is 23.1 Å². The number of thiazole rings is 1. The van der Waals surface area contributed by atoms with E-state index in [-0.39, 0.29) is 12.5 Å². The third kappa shape index (κ3) is 4.48. The number of benzene rings is 2. The number of hydrogen-bond acceptors (Lipinski definition) is 5. The fraction of sp³-hybridized carbons (Fsp3) is 0.158. The van der Waals surface area contributed by atoms with Crippen LogP contribution in [0.5, 0.6) is 0 Å². The zero-order valence-electron chi connectivity index (χ0n) is 13.7. The van der Waals surface area contributed by atoms with E-state index >= 15 is 0 Å². The Morgan fingerprint density at radius 1 is 1.20 bits per heavy atom. The van der Waals surface area contributed by atoms with Crippen LogP contribution in [0.15, 0.2) is 64.9 Å².